The number of ether oxygens (including phenoxy) is 2. The van der Waals surface area contributed by atoms with E-state index in [2.05, 4.69) is 6.07 Å². The lowest BCUT2D eigenvalue weighted by molar-refractivity contribution is 0.303. The zero-order chi connectivity index (χ0) is 12.8. The van der Waals surface area contributed by atoms with Crippen LogP contribution in [0.3, 0.4) is 0 Å². The molecule has 0 spiro atoms. The van der Waals surface area contributed by atoms with E-state index in [1.165, 1.54) is 0 Å². The summed E-state index contributed by atoms with van der Waals surface area (Å²) >= 11 is 0. The van der Waals surface area contributed by atoms with E-state index in [1.807, 2.05) is 30.3 Å². The second-order valence-corrected chi connectivity index (χ2v) is 3.78. The lowest BCUT2D eigenvalue weighted by Gasteiger charge is -2.08. The summed E-state index contributed by atoms with van der Waals surface area (Å²) in [4.78, 5) is 0. The monoisotopic (exact) mass is 239 g/mol. The van der Waals surface area contributed by atoms with Crippen LogP contribution >= 0.6 is 0 Å². The molecule has 0 aromatic heterocycles. The molecular formula is C15H13NO2. The topological polar surface area (TPSA) is 42.2 Å². The summed E-state index contributed by atoms with van der Waals surface area (Å²) in [6, 6.07) is 17.1. The van der Waals surface area contributed by atoms with E-state index in [-0.39, 0.29) is 0 Å². The molecule has 0 aliphatic rings. The molecule has 0 amide bonds. The van der Waals surface area contributed by atoms with Gasteiger partial charge in [0.05, 0.1) is 18.7 Å². The molecule has 90 valence electrons. The summed E-state index contributed by atoms with van der Waals surface area (Å²) in [6.07, 6.45) is 0. The molecule has 0 N–H and O–H groups in total. The van der Waals surface area contributed by atoms with Crippen LogP contribution in [0.25, 0.3) is 0 Å². The SMILES string of the molecule is COc1cc(C#N)cc(OCc2ccccc2)c1. The van der Waals surface area contributed by atoms with Gasteiger partial charge < -0.3 is 9.47 Å². The van der Waals surface area contributed by atoms with Crippen LogP contribution in [-0.4, -0.2) is 7.11 Å². The summed E-state index contributed by atoms with van der Waals surface area (Å²) < 4.78 is 10.8. The highest BCUT2D eigenvalue weighted by atomic mass is 16.5. The number of rotatable bonds is 4. The van der Waals surface area contributed by atoms with Crippen molar-refractivity contribution >= 4 is 0 Å². The smallest absolute Gasteiger partial charge is 0.124 e. The Balaban J connectivity index is 2.12. The van der Waals surface area contributed by atoms with E-state index >= 15 is 0 Å². The number of hydrogen-bond acceptors (Lipinski definition) is 3. The van der Waals surface area contributed by atoms with Crippen molar-refractivity contribution in [2.75, 3.05) is 7.11 Å². The van der Waals surface area contributed by atoms with Gasteiger partial charge in [-0.3, -0.25) is 0 Å². The van der Waals surface area contributed by atoms with E-state index in [9.17, 15) is 0 Å². The molecule has 0 aliphatic heterocycles. The van der Waals surface area contributed by atoms with Crippen LogP contribution < -0.4 is 9.47 Å². The molecule has 0 saturated heterocycles. The molecule has 0 radical (unpaired) electrons. The zero-order valence-corrected chi connectivity index (χ0v) is 10.1. The zero-order valence-electron chi connectivity index (χ0n) is 10.1. The van der Waals surface area contributed by atoms with Crippen molar-refractivity contribution in [2.45, 2.75) is 6.61 Å². The highest BCUT2D eigenvalue weighted by molar-refractivity contribution is 5.43. The van der Waals surface area contributed by atoms with Crippen LogP contribution in [0.4, 0.5) is 0 Å². The van der Waals surface area contributed by atoms with Gasteiger partial charge in [0, 0.05) is 6.07 Å². The van der Waals surface area contributed by atoms with Gasteiger partial charge in [0.15, 0.2) is 0 Å². The Hall–Kier alpha value is -2.47. The Labute approximate surface area is 106 Å². The third-order valence-electron chi connectivity index (χ3n) is 2.49. The molecule has 2 rings (SSSR count). The predicted octanol–water partition coefficient (Wildman–Crippen LogP) is 3.15. The van der Waals surface area contributed by atoms with Gasteiger partial charge in [-0.1, -0.05) is 30.3 Å². The second-order valence-electron chi connectivity index (χ2n) is 3.78. The first-order valence-electron chi connectivity index (χ1n) is 5.58. The molecule has 3 nitrogen and oxygen atoms in total. The molecule has 0 heterocycles. The van der Waals surface area contributed by atoms with Crippen LogP contribution in [0.1, 0.15) is 11.1 Å². The molecule has 0 saturated carbocycles. The fraction of sp³-hybridized carbons (Fsp3) is 0.133. The third kappa shape index (κ3) is 3.02. The van der Waals surface area contributed by atoms with E-state index in [1.54, 1.807) is 25.3 Å². The van der Waals surface area contributed by atoms with Gasteiger partial charge in [-0.15, -0.1) is 0 Å². The highest BCUT2D eigenvalue weighted by Gasteiger charge is 2.02. The summed E-state index contributed by atoms with van der Waals surface area (Å²) in [5, 5.41) is 8.91. The van der Waals surface area contributed by atoms with Crippen molar-refractivity contribution in [2.24, 2.45) is 0 Å². The Morgan fingerprint density at radius 2 is 1.78 bits per heavy atom. The lowest BCUT2D eigenvalue weighted by Crippen LogP contribution is -1.96. The maximum Gasteiger partial charge on any atom is 0.124 e. The van der Waals surface area contributed by atoms with E-state index in [0.717, 1.165) is 5.56 Å². The maximum atomic E-state index is 8.91. The summed E-state index contributed by atoms with van der Waals surface area (Å²) in [5.74, 6) is 1.26. The van der Waals surface area contributed by atoms with Crippen molar-refractivity contribution in [1.82, 2.24) is 0 Å². The molecule has 2 aromatic carbocycles. The first kappa shape index (κ1) is 12.0. The van der Waals surface area contributed by atoms with Gasteiger partial charge >= 0.3 is 0 Å². The molecule has 0 bridgehead atoms. The van der Waals surface area contributed by atoms with Crippen LogP contribution in [0.15, 0.2) is 48.5 Å². The van der Waals surface area contributed by atoms with Gasteiger partial charge in [-0.2, -0.15) is 5.26 Å². The average molecular weight is 239 g/mol. The number of benzene rings is 2. The normalized spacial score (nSPS) is 9.56. The van der Waals surface area contributed by atoms with Crippen molar-refractivity contribution in [3.8, 4) is 17.6 Å². The number of nitrogens with zero attached hydrogens (tertiary/aromatic N) is 1. The minimum Gasteiger partial charge on any atom is -0.497 e. The van der Waals surface area contributed by atoms with Gasteiger partial charge in [0.2, 0.25) is 0 Å². The largest absolute Gasteiger partial charge is 0.497 e. The minimum absolute atomic E-state index is 0.471. The summed E-state index contributed by atoms with van der Waals surface area (Å²) in [7, 11) is 1.57. The predicted molar refractivity (Wildman–Crippen MR) is 68.5 cm³/mol. The first-order valence-corrected chi connectivity index (χ1v) is 5.58. The quantitative estimate of drug-likeness (QED) is 0.823. The molecule has 0 unspecified atom stereocenters. The number of hydrogen-bond donors (Lipinski definition) is 0. The fourth-order valence-electron chi connectivity index (χ4n) is 1.58. The molecule has 0 fully saturated rings. The molecule has 3 heteroatoms. The molecule has 0 atom stereocenters. The van der Waals surface area contributed by atoms with Gasteiger partial charge in [0.25, 0.3) is 0 Å². The summed E-state index contributed by atoms with van der Waals surface area (Å²) in [6.45, 7) is 0.471. The second kappa shape index (κ2) is 5.74. The fourth-order valence-corrected chi connectivity index (χ4v) is 1.58. The van der Waals surface area contributed by atoms with Crippen molar-refractivity contribution in [1.29, 1.82) is 5.26 Å². The maximum absolute atomic E-state index is 8.91. The van der Waals surface area contributed by atoms with E-state index in [4.69, 9.17) is 14.7 Å². The molecule has 0 aliphatic carbocycles. The Morgan fingerprint density at radius 3 is 2.44 bits per heavy atom. The minimum atomic E-state index is 0.471. The van der Waals surface area contributed by atoms with Crippen LogP contribution in [0, 0.1) is 11.3 Å². The highest BCUT2D eigenvalue weighted by Crippen LogP contribution is 2.23. The van der Waals surface area contributed by atoms with Gasteiger partial charge in [0.1, 0.15) is 18.1 Å². The molecular weight excluding hydrogens is 226 g/mol. The number of methoxy groups -OCH3 is 1. The van der Waals surface area contributed by atoms with Gasteiger partial charge in [-0.05, 0) is 17.7 Å². The summed E-state index contributed by atoms with van der Waals surface area (Å²) in [5.41, 5.74) is 1.61. The van der Waals surface area contributed by atoms with Crippen LogP contribution in [0.5, 0.6) is 11.5 Å². The van der Waals surface area contributed by atoms with E-state index < -0.39 is 0 Å². The standard InChI is InChI=1S/C15H13NO2/c1-17-14-7-13(10-16)8-15(9-14)18-11-12-5-3-2-4-6-12/h2-9H,11H2,1H3. The van der Waals surface area contributed by atoms with Crippen molar-refractivity contribution < 1.29 is 9.47 Å². The Bertz CT molecular complexity index is 558. The first-order chi connectivity index (χ1) is 8.81. The van der Waals surface area contributed by atoms with Gasteiger partial charge in [-0.25, -0.2) is 0 Å². The average Bonchev–Trinajstić information content (AvgIpc) is 2.45. The van der Waals surface area contributed by atoms with Crippen molar-refractivity contribution in [3.05, 3.63) is 59.7 Å². The van der Waals surface area contributed by atoms with Crippen LogP contribution in [0.2, 0.25) is 0 Å². The lowest BCUT2D eigenvalue weighted by atomic mass is 10.2. The third-order valence-corrected chi connectivity index (χ3v) is 2.49. The molecule has 2 aromatic rings. The molecule has 18 heavy (non-hydrogen) atoms. The van der Waals surface area contributed by atoms with Crippen molar-refractivity contribution in [3.63, 3.8) is 0 Å². The van der Waals surface area contributed by atoms with Crippen LogP contribution in [-0.2, 0) is 6.61 Å². The van der Waals surface area contributed by atoms with E-state index in [0.29, 0.717) is 23.7 Å². The Morgan fingerprint density at radius 1 is 1.06 bits per heavy atom. The number of nitriles is 1. The Kier molecular flexibility index (Phi) is 3.83.